The first-order chi connectivity index (χ1) is 48.7. The van der Waals surface area contributed by atoms with Gasteiger partial charge in [-0.1, -0.05) is 376 Å². The molecule has 0 aliphatic carbocycles. The van der Waals surface area contributed by atoms with Crippen LogP contribution in [0.1, 0.15) is 427 Å². The Hall–Kier alpha value is -1.94. The maximum Gasteiger partial charge on any atom is 0.472 e. The second kappa shape index (κ2) is 72.3. The number of aliphatic hydroxyl groups is 1. The Labute approximate surface area is 619 Å². The van der Waals surface area contributed by atoms with Crippen molar-refractivity contribution in [1.29, 1.82) is 0 Å². The van der Waals surface area contributed by atoms with Gasteiger partial charge in [-0.15, -0.1) is 0 Å². The largest absolute Gasteiger partial charge is 0.472 e. The van der Waals surface area contributed by atoms with Crippen molar-refractivity contribution in [3.8, 4) is 0 Å². The standard InChI is InChI=1S/C82H160O17P2/c1-8-9-10-11-12-13-14-19-28-35-42-49-56-63-79(84)92-70-78(99-82(87)66-59-52-45-38-31-24-27-34-41-48-55-62-75(6)7)72-97-101(90,91)95-68-76(83)67-94-100(88,89)96-71-77(69-93-80(85)64-57-50-43-36-29-23-18-21-26-33-40-47-54-61-74(4)5)98-81(86)65-58-51-44-37-30-22-17-15-16-20-25-32-39-46-53-60-73(2)3/h73-78,83H,8-72H2,1-7H3,(H,88,89)(H,90,91)/t76-,77-,78-/m1/s1. The Morgan fingerprint density at radius 2 is 0.455 bits per heavy atom. The van der Waals surface area contributed by atoms with E-state index in [0.29, 0.717) is 25.7 Å². The van der Waals surface area contributed by atoms with Crippen LogP contribution in [-0.2, 0) is 65.4 Å². The van der Waals surface area contributed by atoms with Crippen molar-refractivity contribution in [2.75, 3.05) is 39.6 Å². The molecule has 0 rings (SSSR count). The molecule has 0 aliphatic rings. The number of hydrogen-bond acceptors (Lipinski definition) is 15. The van der Waals surface area contributed by atoms with E-state index in [4.69, 9.17) is 37.0 Å². The molecule has 0 aromatic heterocycles. The Morgan fingerprint density at radius 1 is 0.267 bits per heavy atom. The Bertz CT molecular complexity index is 1960. The van der Waals surface area contributed by atoms with Crippen molar-refractivity contribution in [2.24, 2.45) is 17.8 Å². The molecule has 101 heavy (non-hydrogen) atoms. The van der Waals surface area contributed by atoms with Crippen LogP contribution in [0.15, 0.2) is 0 Å². The number of ether oxygens (including phenoxy) is 4. The lowest BCUT2D eigenvalue weighted by atomic mass is 10.0. The molecule has 0 aromatic carbocycles. The third-order valence-corrected chi connectivity index (χ3v) is 21.0. The number of carbonyl (C=O) groups is 4. The van der Waals surface area contributed by atoms with E-state index in [2.05, 4.69) is 48.5 Å². The summed E-state index contributed by atoms with van der Waals surface area (Å²) in [6.07, 6.45) is 60.9. The molecule has 0 fully saturated rings. The van der Waals surface area contributed by atoms with Crippen LogP contribution in [-0.4, -0.2) is 96.7 Å². The molecule has 5 atom stereocenters. The second-order valence-corrected chi connectivity index (χ2v) is 33.8. The van der Waals surface area contributed by atoms with Gasteiger partial charge in [-0.05, 0) is 43.4 Å². The Balaban J connectivity index is 5.27. The molecule has 0 radical (unpaired) electrons. The van der Waals surface area contributed by atoms with Crippen LogP contribution in [0.2, 0.25) is 0 Å². The smallest absolute Gasteiger partial charge is 0.462 e. The van der Waals surface area contributed by atoms with Crippen LogP contribution in [0.25, 0.3) is 0 Å². The van der Waals surface area contributed by atoms with Crippen LogP contribution in [0.4, 0.5) is 0 Å². The molecule has 600 valence electrons. The lowest BCUT2D eigenvalue weighted by Crippen LogP contribution is -2.30. The van der Waals surface area contributed by atoms with Crippen LogP contribution in [0.3, 0.4) is 0 Å². The quantitative estimate of drug-likeness (QED) is 0.0222. The molecule has 0 saturated carbocycles. The van der Waals surface area contributed by atoms with Crippen molar-refractivity contribution in [2.45, 2.75) is 446 Å². The van der Waals surface area contributed by atoms with Gasteiger partial charge in [0.05, 0.1) is 26.4 Å². The van der Waals surface area contributed by atoms with Crippen LogP contribution in [0.5, 0.6) is 0 Å². The number of phosphoric ester groups is 2. The van der Waals surface area contributed by atoms with Crippen molar-refractivity contribution in [3.05, 3.63) is 0 Å². The Kier molecular flexibility index (Phi) is 70.9. The molecule has 0 aromatic rings. The molecule has 17 nitrogen and oxygen atoms in total. The maximum absolute atomic E-state index is 13.1. The van der Waals surface area contributed by atoms with Crippen LogP contribution < -0.4 is 0 Å². The van der Waals surface area contributed by atoms with E-state index in [0.717, 1.165) is 108 Å². The van der Waals surface area contributed by atoms with Gasteiger partial charge in [0.1, 0.15) is 19.3 Å². The monoisotopic (exact) mass is 1480 g/mol. The highest BCUT2D eigenvalue weighted by Crippen LogP contribution is 2.45. The van der Waals surface area contributed by atoms with E-state index >= 15 is 0 Å². The molecule has 0 spiro atoms. The second-order valence-electron chi connectivity index (χ2n) is 30.9. The van der Waals surface area contributed by atoms with Crippen LogP contribution >= 0.6 is 15.6 Å². The maximum atomic E-state index is 13.1. The summed E-state index contributed by atoms with van der Waals surface area (Å²) in [4.78, 5) is 73.1. The summed E-state index contributed by atoms with van der Waals surface area (Å²) in [5.41, 5.74) is 0. The minimum atomic E-state index is -4.96. The number of phosphoric acid groups is 2. The molecule has 0 saturated heterocycles. The number of esters is 4. The van der Waals surface area contributed by atoms with Gasteiger partial charge in [0.2, 0.25) is 0 Å². The van der Waals surface area contributed by atoms with E-state index < -0.39 is 97.5 Å². The van der Waals surface area contributed by atoms with E-state index in [-0.39, 0.29) is 25.7 Å². The molecule has 0 amide bonds. The summed E-state index contributed by atoms with van der Waals surface area (Å²) in [7, 11) is -9.92. The van der Waals surface area contributed by atoms with Crippen LogP contribution in [0, 0.1) is 17.8 Å². The molecule has 0 bridgehead atoms. The predicted octanol–water partition coefficient (Wildman–Crippen LogP) is 24.5. The number of aliphatic hydroxyl groups excluding tert-OH is 1. The van der Waals surface area contributed by atoms with Crippen molar-refractivity contribution < 1.29 is 80.2 Å². The summed E-state index contributed by atoms with van der Waals surface area (Å²) in [6, 6.07) is 0. The zero-order valence-corrected chi connectivity index (χ0v) is 68.2. The van der Waals surface area contributed by atoms with Gasteiger partial charge < -0.3 is 33.8 Å². The highest BCUT2D eigenvalue weighted by molar-refractivity contribution is 7.47. The molecule has 2 unspecified atom stereocenters. The normalized spacial score (nSPS) is 14.0. The summed E-state index contributed by atoms with van der Waals surface area (Å²) in [5.74, 6) is 0.252. The fraction of sp³-hybridized carbons (Fsp3) is 0.951. The first-order valence-corrected chi connectivity index (χ1v) is 45.3. The summed E-state index contributed by atoms with van der Waals surface area (Å²) < 4.78 is 68.8. The van der Waals surface area contributed by atoms with Gasteiger partial charge >= 0.3 is 39.5 Å². The zero-order valence-electron chi connectivity index (χ0n) is 66.4. The topological polar surface area (TPSA) is 237 Å². The highest BCUT2D eigenvalue weighted by atomic mass is 31.2. The van der Waals surface area contributed by atoms with Gasteiger partial charge in [0, 0.05) is 25.7 Å². The first-order valence-electron chi connectivity index (χ1n) is 42.3. The van der Waals surface area contributed by atoms with E-state index in [1.807, 2.05) is 0 Å². The summed E-state index contributed by atoms with van der Waals surface area (Å²) in [5, 5.41) is 10.7. The predicted molar refractivity (Wildman–Crippen MR) is 414 cm³/mol. The fourth-order valence-corrected chi connectivity index (χ4v) is 14.2. The van der Waals surface area contributed by atoms with Gasteiger partial charge in [0.25, 0.3) is 0 Å². The summed E-state index contributed by atoms with van der Waals surface area (Å²) >= 11 is 0. The lowest BCUT2D eigenvalue weighted by molar-refractivity contribution is -0.161. The average Bonchev–Trinajstić information content (AvgIpc) is 1.20. The van der Waals surface area contributed by atoms with E-state index in [9.17, 15) is 43.2 Å². The summed E-state index contributed by atoms with van der Waals surface area (Å²) in [6.45, 7) is 12.0. The van der Waals surface area contributed by atoms with Gasteiger partial charge in [0.15, 0.2) is 12.2 Å². The average molecular weight is 1480 g/mol. The molecule has 0 heterocycles. The molecule has 0 aliphatic heterocycles. The van der Waals surface area contributed by atoms with Crippen molar-refractivity contribution in [1.82, 2.24) is 0 Å². The number of carbonyl (C=O) groups excluding carboxylic acids is 4. The number of unbranched alkanes of at least 4 members (excludes halogenated alkanes) is 48. The number of hydrogen-bond donors (Lipinski definition) is 3. The molecule has 19 heteroatoms. The van der Waals surface area contributed by atoms with Crippen molar-refractivity contribution >= 4 is 39.5 Å². The van der Waals surface area contributed by atoms with Gasteiger partial charge in [-0.25, -0.2) is 9.13 Å². The van der Waals surface area contributed by atoms with E-state index in [1.165, 1.54) is 238 Å². The third kappa shape index (κ3) is 76.1. The zero-order chi connectivity index (χ0) is 74.4. The van der Waals surface area contributed by atoms with Gasteiger partial charge in [-0.2, -0.15) is 0 Å². The fourth-order valence-electron chi connectivity index (χ4n) is 12.7. The first kappa shape index (κ1) is 99.1. The lowest BCUT2D eigenvalue weighted by Gasteiger charge is -2.21. The van der Waals surface area contributed by atoms with Gasteiger partial charge in [-0.3, -0.25) is 37.3 Å². The minimum Gasteiger partial charge on any atom is -0.462 e. The minimum absolute atomic E-state index is 0.107. The van der Waals surface area contributed by atoms with E-state index in [1.54, 1.807) is 0 Å². The Morgan fingerprint density at radius 3 is 0.673 bits per heavy atom. The third-order valence-electron chi connectivity index (χ3n) is 19.1. The SMILES string of the molecule is CCCCCCCCCCCCCCCC(=O)OC[C@H](COP(=O)(O)OC[C@H](O)COP(=O)(O)OC[C@@H](COC(=O)CCCCCCCCCCCCCCCC(C)C)OC(=O)CCCCCCCCCCCCCCCCCC(C)C)OC(=O)CCCCCCCCCCCCCC(C)C. The van der Waals surface area contributed by atoms with Crippen molar-refractivity contribution in [3.63, 3.8) is 0 Å². The molecule has 3 N–H and O–H groups in total. The molecular weight excluding hydrogens is 1320 g/mol. The number of rotatable bonds is 80. The highest BCUT2D eigenvalue weighted by Gasteiger charge is 2.30. The molecular formula is C82H160O17P2.